The highest BCUT2D eigenvalue weighted by molar-refractivity contribution is 7.47. The van der Waals surface area contributed by atoms with Crippen LogP contribution in [0.1, 0.15) is 245 Å². The molecule has 0 aromatic heterocycles. The van der Waals surface area contributed by atoms with Gasteiger partial charge >= 0.3 is 13.8 Å². The number of nitrogens with zero attached hydrogens (tertiary/aromatic N) is 1. The van der Waals surface area contributed by atoms with Crippen LogP contribution < -0.4 is 0 Å². The Bertz CT molecular complexity index is 1260. The molecule has 0 bridgehead atoms. The third-order valence-electron chi connectivity index (χ3n) is 12.1. The van der Waals surface area contributed by atoms with Crippen LogP contribution in [-0.4, -0.2) is 75.6 Å². The fraction of sp³-hybridized carbons (Fsp3) is 0.810. The molecule has 0 aromatic rings. The minimum atomic E-state index is -4.29. The second-order valence-electron chi connectivity index (χ2n) is 19.9. The molecule has 0 aliphatic rings. The maximum Gasteiger partial charge on any atom is 0.472 e. The molecule has 0 saturated heterocycles. The first-order valence-electron chi connectivity index (χ1n) is 28.0. The Morgan fingerprint density at radius 1 is 0.478 bits per heavy atom. The van der Waals surface area contributed by atoms with E-state index >= 15 is 0 Å². The number of hydrogen-bond acceptors (Lipinski definition) is 6. The first-order chi connectivity index (χ1) is 32.6. The number of likely N-dealkylation sites (N-methyl/N-ethyl adjacent to an activating group) is 1. The lowest BCUT2D eigenvalue weighted by Crippen LogP contribution is -2.37. The maximum atomic E-state index is 12.8. The summed E-state index contributed by atoms with van der Waals surface area (Å²) in [5.74, 6) is -0.329. The zero-order valence-electron chi connectivity index (χ0n) is 44.6. The van der Waals surface area contributed by atoms with E-state index in [1.54, 1.807) is 0 Å². The van der Waals surface area contributed by atoms with Crippen LogP contribution in [0.25, 0.3) is 0 Å². The number of quaternary nitrogens is 1. The summed E-state index contributed by atoms with van der Waals surface area (Å²) in [6, 6.07) is 0. The average Bonchev–Trinajstić information content (AvgIpc) is 3.29. The first-order valence-corrected chi connectivity index (χ1v) is 29.5. The molecule has 0 heterocycles. The van der Waals surface area contributed by atoms with Crippen molar-refractivity contribution in [3.05, 3.63) is 60.8 Å². The van der Waals surface area contributed by atoms with Crippen molar-refractivity contribution in [2.75, 3.05) is 54.1 Å². The highest BCUT2D eigenvalue weighted by Gasteiger charge is 2.26. The van der Waals surface area contributed by atoms with Crippen LogP contribution in [0.4, 0.5) is 0 Å². The second-order valence-corrected chi connectivity index (χ2v) is 21.4. The average molecular weight is 963 g/mol. The van der Waals surface area contributed by atoms with Gasteiger partial charge in [-0.3, -0.25) is 13.8 Å². The minimum absolute atomic E-state index is 0.0834. The van der Waals surface area contributed by atoms with Gasteiger partial charge in [0, 0.05) is 13.0 Å². The molecule has 1 N–H and O–H groups in total. The molecule has 0 radical (unpaired) electrons. The Morgan fingerprint density at radius 3 is 1.30 bits per heavy atom. The zero-order valence-corrected chi connectivity index (χ0v) is 45.5. The van der Waals surface area contributed by atoms with Gasteiger partial charge in [-0.05, 0) is 57.8 Å². The topological polar surface area (TPSA) is 91.3 Å². The van der Waals surface area contributed by atoms with Gasteiger partial charge in [0.15, 0.2) is 0 Å². The molecule has 0 aromatic carbocycles. The minimum Gasteiger partial charge on any atom is -0.457 e. The normalized spacial score (nSPS) is 13.9. The highest BCUT2D eigenvalue weighted by Crippen LogP contribution is 2.43. The molecule has 9 heteroatoms. The number of esters is 1. The lowest BCUT2D eigenvalue weighted by molar-refractivity contribution is -0.870. The van der Waals surface area contributed by atoms with Crippen molar-refractivity contribution in [1.29, 1.82) is 0 Å². The number of phosphoric ester groups is 1. The molecule has 0 aliphatic heterocycles. The van der Waals surface area contributed by atoms with Gasteiger partial charge in [-0.2, -0.15) is 0 Å². The van der Waals surface area contributed by atoms with Gasteiger partial charge in [-0.25, -0.2) is 4.57 Å². The second kappa shape index (κ2) is 50.6. The van der Waals surface area contributed by atoms with Gasteiger partial charge in [0.25, 0.3) is 0 Å². The molecule has 0 fully saturated rings. The van der Waals surface area contributed by atoms with E-state index < -0.39 is 13.9 Å². The van der Waals surface area contributed by atoms with Crippen LogP contribution >= 0.6 is 7.82 Å². The van der Waals surface area contributed by atoms with Gasteiger partial charge in [-0.1, -0.05) is 242 Å². The molecule has 2 atom stereocenters. The Kier molecular flexibility index (Phi) is 49.2. The number of unbranched alkanes of at least 4 members (excludes halogenated alkanes) is 28. The van der Waals surface area contributed by atoms with E-state index in [1.165, 1.54) is 141 Å². The van der Waals surface area contributed by atoms with E-state index in [-0.39, 0.29) is 25.8 Å². The number of hydrogen-bond donors (Lipinski definition) is 1. The Labute approximate surface area is 415 Å². The molecule has 67 heavy (non-hydrogen) atoms. The smallest absolute Gasteiger partial charge is 0.457 e. The summed E-state index contributed by atoms with van der Waals surface area (Å²) in [7, 11) is 1.66. The number of rotatable bonds is 52. The van der Waals surface area contributed by atoms with E-state index in [0.29, 0.717) is 24.1 Å². The largest absolute Gasteiger partial charge is 0.472 e. The number of phosphoric acid groups is 1. The molecule has 0 spiro atoms. The van der Waals surface area contributed by atoms with Crippen molar-refractivity contribution in [2.24, 2.45) is 0 Å². The molecule has 2 unspecified atom stereocenters. The van der Waals surface area contributed by atoms with Crippen molar-refractivity contribution < 1.29 is 37.3 Å². The zero-order chi connectivity index (χ0) is 49.0. The number of allylic oxidation sites excluding steroid dienone is 10. The molecule has 0 rings (SSSR count). The van der Waals surface area contributed by atoms with E-state index in [0.717, 1.165) is 83.5 Å². The quantitative estimate of drug-likeness (QED) is 0.0213. The Morgan fingerprint density at radius 2 is 0.866 bits per heavy atom. The number of carbonyl (C=O) groups excluding carboxylic acids is 1. The van der Waals surface area contributed by atoms with E-state index in [1.807, 2.05) is 21.1 Å². The van der Waals surface area contributed by atoms with Gasteiger partial charge in [0.05, 0.1) is 34.4 Å². The molecule has 0 aliphatic carbocycles. The Hall–Kier alpha value is -1.80. The van der Waals surface area contributed by atoms with Crippen LogP contribution in [0.5, 0.6) is 0 Å². The molecule has 8 nitrogen and oxygen atoms in total. The van der Waals surface area contributed by atoms with E-state index in [4.69, 9.17) is 18.5 Å². The predicted molar refractivity (Wildman–Crippen MR) is 289 cm³/mol. The summed E-state index contributed by atoms with van der Waals surface area (Å²) in [6.07, 6.45) is 65.7. The number of ether oxygens (including phenoxy) is 2. The summed E-state index contributed by atoms with van der Waals surface area (Å²) >= 11 is 0. The third kappa shape index (κ3) is 55.0. The lowest BCUT2D eigenvalue weighted by atomic mass is 10.0. The van der Waals surface area contributed by atoms with Crippen LogP contribution in [0, 0.1) is 0 Å². The third-order valence-corrected chi connectivity index (χ3v) is 13.1. The summed E-state index contributed by atoms with van der Waals surface area (Å²) < 4.78 is 35.2. The van der Waals surface area contributed by atoms with Gasteiger partial charge < -0.3 is 18.9 Å². The Balaban J connectivity index is 4.11. The fourth-order valence-electron chi connectivity index (χ4n) is 7.82. The highest BCUT2D eigenvalue weighted by atomic mass is 31.2. The van der Waals surface area contributed by atoms with Crippen LogP contribution in [-0.2, 0) is 27.9 Å². The standard InChI is InChI=1S/C58H108NO7P/c1-6-8-10-12-14-16-18-20-22-24-26-28-29-30-32-34-36-38-40-42-44-46-48-50-53-63-55-57(56-65-67(61,62)64-54-52-59(3,4)5)66-58(60)51-49-47-45-43-41-39-37-35-33-31-27-25-23-21-19-17-15-13-11-9-7-2/h9,11,15,17,21,23,27,31,35,37,57H,6-8,10,12-14,16,18-20,22,24-26,28-30,32-34,36,38-56H2,1-5H3/p+1/b11-9-,17-15-,23-21-,31-27-,37-35-. The molecule has 0 amide bonds. The van der Waals surface area contributed by atoms with Crippen molar-refractivity contribution in [1.82, 2.24) is 0 Å². The maximum absolute atomic E-state index is 12.8. The fourth-order valence-corrected chi connectivity index (χ4v) is 8.56. The first kappa shape index (κ1) is 65.2. The van der Waals surface area contributed by atoms with E-state index in [2.05, 4.69) is 74.6 Å². The SMILES string of the molecule is CC/C=C\C/C=C\C/C=C\C/C=C\C/C=C\CCCCCCCC(=O)OC(COCCCCCCCCCCCCCCCCCCCCCCCCCC)COP(=O)(O)OCC[N+](C)(C)C. The molecule has 392 valence electrons. The lowest BCUT2D eigenvalue weighted by Gasteiger charge is -2.24. The molecular formula is C58H109NO7P+. The van der Waals surface area contributed by atoms with Crippen LogP contribution in [0.3, 0.4) is 0 Å². The summed E-state index contributed by atoms with van der Waals surface area (Å²) in [4.78, 5) is 23.1. The van der Waals surface area contributed by atoms with Crippen molar-refractivity contribution in [3.8, 4) is 0 Å². The van der Waals surface area contributed by atoms with Crippen LogP contribution in [0.15, 0.2) is 60.8 Å². The van der Waals surface area contributed by atoms with Gasteiger partial charge in [-0.15, -0.1) is 0 Å². The summed E-state index contributed by atoms with van der Waals surface area (Å²) in [5.41, 5.74) is 0. The molecule has 0 saturated carbocycles. The summed E-state index contributed by atoms with van der Waals surface area (Å²) in [5, 5.41) is 0. The van der Waals surface area contributed by atoms with Crippen molar-refractivity contribution >= 4 is 13.8 Å². The predicted octanol–water partition coefficient (Wildman–Crippen LogP) is 17.6. The molecular weight excluding hydrogens is 854 g/mol. The summed E-state index contributed by atoms with van der Waals surface area (Å²) in [6.45, 7) is 5.52. The van der Waals surface area contributed by atoms with Crippen LogP contribution in [0.2, 0.25) is 0 Å². The monoisotopic (exact) mass is 963 g/mol. The van der Waals surface area contributed by atoms with Gasteiger partial charge in [0.1, 0.15) is 19.3 Å². The van der Waals surface area contributed by atoms with Gasteiger partial charge in [0.2, 0.25) is 0 Å². The van der Waals surface area contributed by atoms with E-state index in [9.17, 15) is 14.3 Å². The number of carbonyl (C=O) groups is 1. The van der Waals surface area contributed by atoms with Crippen molar-refractivity contribution in [3.63, 3.8) is 0 Å². The van der Waals surface area contributed by atoms with Crippen molar-refractivity contribution in [2.45, 2.75) is 251 Å².